The molecule has 3 heteroatoms. The van der Waals surface area contributed by atoms with Crippen LogP contribution in [-0.2, 0) is 0 Å². The SMILES string of the molecule is OC1CNC(O)C2CC12. The van der Waals surface area contributed by atoms with Gasteiger partial charge >= 0.3 is 0 Å². The number of aliphatic hydroxyl groups is 2. The van der Waals surface area contributed by atoms with Gasteiger partial charge in [-0.3, -0.25) is 5.32 Å². The molecule has 3 N–H and O–H groups in total. The molecule has 52 valence electrons. The highest BCUT2D eigenvalue weighted by molar-refractivity contribution is 4.99. The molecule has 4 atom stereocenters. The normalized spacial score (nSPS) is 56.7. The molecule has 1 aliphatic carbocycles. The summed E-state index contributed by atoms with van der Waals surface area (Å²) in [5.74, 6) is 0.731. The maximum Gasteiger partial charge on any atom is 0.108 e. The lowest BCUT2D eigenvalue weighted by Crippen LogP contribution is -2.43. The summed E-state index contributed by atoms with van der Waals surface area (Å²) in [6.45, 7) is 0.558. The van der Waals surface area contributed by atoms with Crippen LogP contribution < -0.4 is 5.32 Å². The third kappa shape index (κ3) is 0.764. The minimum absolute atomic E-state index is 0.210. The van der Waals surface area contributed by atoms with Crippen molar-refractivity contribution in [3.8, 4) is 0 Å². The average molecular weight is 129 g/mol. The quantitative estimate of drug-likeness (QED) is 0.389. The number of hydrogen-bond donors (Lipinski definition) is 3. The predicted molar refractivity (Wildman–Crippen MR) is 31.6 cm³/mol. The largest absolute Gasteiger partial charge is 0.391 e. The number of hydrogen-bond acceptors (Lipinski definition) is 3. The fraction of sp³-hybridized carbons (Fsp3) is 1.00. The number of nitrogens with one attached hydrogen (secondary N) is 1. The molecular formula is C6H11NO2. The van der Waals surface area contributed by atoms with E-state index in [2.05, 4.69) is 5.32 Å². The molecule has 1 saturated carbocycles. The number of fused-ring (bicyclic) bond motifs is 1. The molecule has 0 aromatic carbocycles. The van der Waals surface area contributed by atoms with Gasteiger partial charge in [0.25, 0.3) is 0 Å². The maximum atomic E-state index is 9.16. The Labute approximate surface area is 53.7 Å². The van der Waals surface area contributed by atoms with Crippen LogP contribution in [0.25, 0.3) is 0 Å². The Hall–Kier alpha value is -0.120. The van der Waals surface area contributed by atoms with Crippen LogP contribution in [0, 0.1) is 11.8 Å². The first-order valence-corrected chi connectivity index (χ1v) is 3.38. The van der Waals surface area contributed by atoms with Gasteiger partial charge in [0.1, 0.15) is 6.23 Å². The molecule has 2 fully saturated rings. The minimum Gasteiger partial charge on any atom is -0.391 e. The summed E-state index contributed by atoms with van der Waals surface area (Å²) in [5.41, 5.74) is 0. The number of rotatable bonds is 0. The first kappa shape index (κ1) is 5.65. The molecule has 4 unspecified atom stereocenters. The molecule has 0 spiro atoms. The van der Waals surface area contributed by atoms with Gasteiger partial charge in [-0.15, -0.1) is 0 Å². The second-order valence-electron chi connectivity index (χ2n) is 2.98. The molecule has 3 nitrogen and oxygen atoms in total. The molecule has 0 amide bonds. The second-order valence-corrected chi connectivity index (χ2v) is 2.98. The van der Waals surface area contributed by atoms with Crippen molar-refractivity contribution in [3.63, 3.8) is 0 Å². The molecule has 0 radical (unpaired) electrons. The molecule has 9 heavy (non-hydrogen) atoms. The lowest BCUT2D eigenvalue weighted by Gasteiger charge is -2.21. The van der Waals surface area contributed by atoms with Crippen LogP contribution in [0.2, 0.25) is 0 Å². The Morgan fingerprint density at radius 3 is 2.67 bits per heavy atom. The zero-order chi connectivity index (χ0) is 6.43. The molecule has 0 aromatic rings. The molecule has 2 aliphatic rings. The fourth-order valence-electron chi connectivity index (χ4n) is 1.59. The summed E-state index contributed by atoms with van der Waals surface area (Å²) in [4.78, 5) is 0. The van der Waals surface area contributed by atoms with Gasteiger partial charge in [0.15, 0.2) is 0 Å². The zero-order valence-electron chi connectivity index (χ0n) is 5.12. The summed E-state index contributed by atoms with van der Waals surface area (Å²) in [6, 6.07) is 0. The van der Waals surface area contributed by atoms with Crippen LogP contribution in [0.3, 0.4) is 0 Å². The topological polar surface area (TPSA) is 52.5 Å². The van der Waals surface area contributed by atoms with E-state index in [9.17, 15) is 0 Å². The van der Waals surface area contributed by atoms with E-state index in [1.807, 2.05) is 0 Å². The van der Waals surface area contributed by atoms with Gasteiger partial charge in [-0.25, -0.2) is 0 Å². The third-order valence-corrected chi connectivity index (χ3v) is 2.33. The number of aliphatic hydroxyl groups excluding tert-OH is 2. The second kappa shape index (κ2) is 1.68. The van der Waals surface area contributed by atoms with Gasteiger partial charge in [0.2, 0.25) is 0 Å². The Morgan fingerprint density at radius 1 is 1.22 bits per heavy atom. The highest BCUT2D eigenvalue weighted by Gasteiger charge is 2.49. The van der Waals surface area contributed by atoms with E-state index in [0.717, 1.165) is 6.42 Å². The van der Waals surface area contributed by atoms with Gasteiger partial charge in [-0.1, -0.05) is 0 Å². The van der Waals surface area contributed by atoms with E-state index in [4.69, 9.17) is 10.2 Å². The van der Waals surface area contributed by atoms with Gasteiger partial charge in [0.05, 0.1) is 6.10 Å². The monoisotopic (exact) mass is 129 g/mol. The Kier molecular flexibility index (Phi) is 1.06. The van der Waals surface area contributed by atoms with Crippen molar-refractivity contribution in [2.24, 2.45) is 11.8 Å². The third-order valence-electron chi connectivity index (χ3n) is 2.33. The first-order valence-electron chi connectivity index (χ1n) is 3.38. The summed E-state index contributed by atoms with van der Waals surface area (Å²) in [5, 5.41) is 21.1. The summed E-state index contributed by atoms with van der Waals surface area (Å²) in [7, 11) is 0. The van der Waals surface area contributed by atoms with Crippen molar-refractivity contribution in [2.75, 3.05) is 6.54 Å². The highest BCUT2D eigenvalue weighted by Crippen LogP contribution is 2.45. The standard InChI is InChI=1S/C6H11NO2/c8-5-2-7-6(9)4-1-3(4)5/h3-9H,1-2H2. The van der Waals surface area contributed by atoms with Crippen LogP contribution in [0.1, 0.15) is 6.42 Å². The fourth-order valence-corrected chi connectivity index (χ4v) is 1.59. The number of piperidine rings is 1. The molecule has 0 aromatic heterocycles. The van der Waals surface area contributed by atoms with Crippen LogP contribution in [-0.4, -0.2) is 29.1 Å². The minimum atomic E-state index is -0.349. The van der Waals surface area contributed by atoms with E-state index in [1.165, 1.54) is 0 Å². The van der Waals surface area contributed by atoms with Crippen molar-refractivity contribution in [2.45, 2.75) is 18.8 Å². The summed E-state index contributed by atoms with van der Waals surface area (Å²) >= 11 is 0. The molecule has 1 saturated heterocycles. The van der Waals surface area contributed by atoms with Gasteiger partial charge in [-0.05, 0) is 12.3 Å². The van der Waals surface area contributed by atoms with Crippen LogP contribution in [0.15, 0.2) is 0 Å². The molecular weight excluding hydrogens is 118 g/mol. The van der Waals surface area contributed by atoms with Gasteiger partial charge in [0, 0.05) is 12.5 Å². The first-order chi connectivity index (χ1) is 4.29. The Morgan fingerprint density at radius 2 is 2.00 bits per heavy atom. The van der Waals surface area contributed by atoms with Crippen molar-refractivity contribution < 1.29 is 10.2 Å². The molecule has 0 bridgehead atoms. The van der Waals surface area contributed by atoms with E-state index in [1.54, 1.807) is 0 Å². The predicted octanol–water partition coefficient (Wildman–Crippen LogP) is -1.10. The van der Waals surface area contributed by atoms with Gasteiger partial charge < -0.3 is 10.2 Å². The maximum absolute atomic E-state index is 9.16. The average Bonchev–Trinajstić information content (AvgIpc) is 2.57. The van der Waals surface area contributed by atoms with Crippen LogP contribution in [0.4, 0.5) is 0 Å². The lowest BCUT2D eigenvalue weighted by atomic mass is 10.1. The van der Waals surface area contributed by atoms with Gasteiger partial charge in [-0.2, -0.15) is 0 Å². The zero-order valence-corrected chi connectivity index (χ0v) is 5.12. The smallest absolute Gasteiger partial charge is 0.108 e. The van der Waals surface area contributed by atoms with Crippen LogP contribution >= 0.6 is 0 Å². The molecule has 2 rings (SSSR count). The lowest BCUT2D eigenvalue weighted by molar-refractivity contribution is 0.0346. The van der Waals surface area contributed by atoms with Crippen molar-refractivity contribution in [1.29, 1.82) is 0 Å². The summed E-state index contributed by atoms with van der Waals surface area (Å²) in [6.07, 6.45) is 0.437. The van der Waals surface area contributed by atoms with Crippen molar-refractivity contribution in [1.82, 2.24) is 5.32 Å². The van der Waals surface area contributed by atoms with E-state index in [-0.39, 0.29) is 12.3 Å². The molecule has 1 heterocycles. The van der Waals surface area contributed by atoms with E-state index >= 15 is 0 Å². The Bertz CT molecular complexity index is 114. The van der Waals surface area contributed by atoms with E-state index in [0.29, 0.717) is 18.4 Å². The van der Waals surface area contributed by atoms with Crippen molar-refractivity contribution >= 4 is 0 Å². The van der Waals surface area contributed by atoms with Crippen molar-refractivity contribution in [3.05, 3.63) is 0 Å². The van der Waals surface area contributed by atoms with Crippen LogP contribution in [0.5, 0.6) is 0 Å². The molecule has 1 aliphatic heterocycles. The highest BCUT2D eigenvalue weighted by atomic mass is 16.3. The Balaban J connectivity index is 2.01. The summed E-state index contributed by atoms with van der Waals surface area (Å²) < 4.78 is 0. The van der Waals surface area contributed by atoms with E-state index < -0.39 is 0 Å². The number of β-amino-alcohol motifs (C(OH)–C–C–N with tert-alkyl or cyclic N) is 1.